The molecule has 2 aromatic heterocycles. The Labute approximate surface area is 194 Å². The number of hydrogen-bond acceptors (Lipinski definition) is 4. The summed E-state index contributed by atoms with van der Waals surface area (Å²) in [7, 11) is 2.05. The molecule has 4 rings (SSSR count). The van der Waals surface area contributed by atoms with Gasteiger partial charge in [0.1, 0.15) is 11.2 Å². The van der Waals surface area contributed by atoms with Crippen molar-refractivity contribution in [3.05, 3.63) is 47.1 Å². The van der Waals surface area contributed by atoms with Crippen LogP contribution in [0.3, 0.4) is 0 Å². The van der Waals surface area contributed by atoms with E-state index in [0.29, 0.717) is 13.1 Å². The van der Waals surface area contributed by atoms with Crippen LogP contribution in [0.2, 0.25) is 5.02 Å². The van der Waals surface area contributed by atoms with Crippen LogP contribution in [0.4, 0.5) is 10.5 Å². The molecule has 1 aromatic carbocycles. The number of piperazine rings is 1. The number of aryl methyl sites for hydroxylation is 2. The quantitative estimate of drug-likeness (QED) is 0.523. The Balaban J connectivity index is 1.52. The summed E-state index contributed by atoms with van der Waals surface area (Å²) < 4.78 is 7.63. The molecular formula is C25H31ClN4O2. The molecule has 1 amide bonds. The first-order chi connectivity index (χ1) is 15.2. The summed E-state index contributed by atoms with van der Waals surface area (Å²) in [5.41, 5.74) is 5.12. The Bertz CT molecular complexity index is 1120. The van der Waals surface area contributed by atoms with Gasteiger partial charge in [0.05, 0.1) is 10.7 Å². The van der Waals surface area contributed by atoms with Gasteiger partial charge >= 0.3 is 6.09 Å². The molecule has 0 radical (unpaired) electrons. The molecule has 7 heteroatoms. The zero-order chi connectivity index (χ0) is 23.0. The van der Waals surface area contributed by atoms with Gasteiger partial charge in [-0.15, -0.1) is 0 Å². The lowest BCUT2D eigenvalue weighted by atomic mass is 10.0. The Hall–Kier alpha value is -2.73. The van der Waals surface area contributed by atoms with Crippen molar-refractivity contribution >= 4 is 34.4 Å². The molecule has 1 aliphatic heterocycles. The molecule has 0 aliphatic carbocycles. The Morgan fingerprint density at radius 3 is 2.34 bits per heavy atom. The number of carbonyl (C=O) groups excluding carboxylic acids is 1. The standard InChI is InChI=1S/C25H31ClN4O2/c1-6-19-21-20(26)11-12-27-23(21)28(5)22(19)17-7-9-18(10-8-17)29-13-15-30(16-14-29)24(31)32-25(2,3)4/h7-12H,6,13-16H2,1-5H3. The number of ether oxygens (including phenoxy) is 1. The van der Waals surface area contributed by atoms with E-state index < -0.39 is 5.60 Å². The molecule has 1 saturated heterocycles. The van der Waals surface area contributed by atoms with Crippen LogP contribution in [0.5, 0.6) is 0 Å². The second-order valence-corrected chi connectivity index (χ2v) is 9.64. The van der Waals surface area contributed by atoms with Gasteiger partial charge in [0, 0.05) is 50.5 Å². The predicted molar refractivity (Wildman–Crippen MR) is 131 cm³/mol. The van der Waals surface area contributed by atoms with Crippen LogP contribution >= 0.6 is 11.6 Å². The number of fused-ring (bicyclic) bond motifs is 1. The fourth-order valence-corrected chi connectivity index (χ4v) is 4.66. The minimum absolute atomic E-state index is 0.234. The van der Waals surface area contributed by atoms with E-state index in [0.717, 1.165) is 52.5 Å². The van der Waals surface area contributed by atoms with E-state index in [2.05, 4.69) is 45.6 Å². The lowest BCUT2D eigenvalue weighted by molar-refractivity contribution is 0.0240. The molecule has 3 aromatic rings. The monoisotopic (exact) mass is 454 g/mol. The van der Waals surface area contributed by atoms with Crippen LogP contribution < -0.4 is 4.90 Å². The van der Waals surface area contributed by atoms with Gasteiger partial charge in [-0.05, 0) is 56.5 Å². The van der Waals surface area contributed by atoms with Crippen molar-refractivity contribution in [3.63, 3.8) is 0 Å². The van der Waals surface area contributed by atoms with Crippen LogP contribution in [-0.4, -0.2) is 52.3 Å². The first-order valence-corrected chi connectivity index (χ1v) is 11.5. The van der Waals surface area contributed by atoms with Crippen molar-refractivity contribution in [1.29, 1.82) is 0 Å². The van der Waals surface area contributed by atoms with Crippen LogP contribution in [0.1, 0.15) is 33.3 Å². The van der Waals surface area contributed by atoms with Crippen molar-refractivity contribution in [3.8, 4) is 11.3 Å². The summed E-state index contributed by atoms with van der Waals surface area (Å²) >= 11 is 6.51. The van der Waals surface area contributed by atoms with E-state index in [4.69, 9.17) is 16.3 Å². The van der Waals surface area contributed by atoms with Crippen molar-refractivity contribution in [2.24, 2.45) is 7.05 Å². The summed E-state index contributed by atoms with van der Waals surface area (Å²) in [4.78, 5) is 21.0. The smallest absolute Gasteiger partial charge is 0.410 e. The summed E-state index contributed by atoms with van der Waals surface area (Å²) in [5, 5.41) is 1.78. The van der Waals surface area contributed by atoms with E-state index in [-0.39, 0.29) is 6.09 Å². The van der Waals surface area contributed by atoms with Crippen LogP contribution in [0, 0.1) is 0 Å². The minimum atomic E-state index is -0.469. The zero-order valence-electron chi connectivity index (χ0n) is 19.5. The molecule has 6 nitrogen and oxygen atoms in total. The number of pyridine rings is 1. The maximum absolute atomic E-state index is 12.3. The Kier molecular flexibility index (Phi) is 6.08. The van der Waals surface area contributed by atoms with E-state index in [1.807, 2.05) is 33.9 Å². The van der Waals surface area contributed by atoms with E-state index >= 15 is 0 Å². The number of aromatic nitrogens is 2. The fourth-order valence-electron chi connectivity index (χ4n) is 4.40. The van der Waals surface area contributed by atoms with Gasteiger partial charge in [-0.2, -0.15) is 0 Å². The number of benzene rings is 1. The highest BCUT2D eigenvalue weighted by atomic mass is 35.5. The van der Waals surface area contributed by atoms with Crippen molar-refractivity contribution in [2.75, 3.05) is 31.1 Å². The highest BCUT2D eigenvalue weighted by Crippen LogP contribution is 2.36. The van der Waals surface area contributed by atoms with Gasteiger partial charge in [-0.3, -0.25) is 0 Å². The van der Waals surface area contributed by atoms with Crippen molar-refractivity contribution in [1.82, 2.24) is 14.5 Å². The number of rotatable bonds is 3. The van der Waals surface area contributed by atoms with Crippen LogP contribution in [0.25, 0.3) is 22.3 Å². The third-order valence-corrected chi connectivity index (χ3v) is 6.23. The van der Waals surface area contributed by atoms with Gasteiger partial charge in [0.25, 0.3) is 0 Å². The predicted octanol–water partition coefficient (Wildman–Crippen LogP) is 5.51. The third kappa shape index (κ3) is 4.29. The van der Waals surface area contributed by atoms with E-state index in [1.165, 1.54) is 5.56 Å². The Morgan fingerprint density at radius 2 is 1.75 bits per heavy atom. The lowest BCUT2D eigenvalue weighted by Gasteiger charge is -2.36. The SMILES string of the molecule is CCc1c(-c2ccc(N3CCN(C(=O)OC(C)(C)C)CC3)cc2)n(C)c2nccc(Cl)c12. The Morgan fingerprint density at radius 1 is 1.09 bits per heavy atom. The lowest BCUT2D eigenvalue weighted by Crippen LogP contribution is -2.50. The number of halogens is 1. The highest BCUT2D eigenvalue weighted by molar-refractivity contribution is 6.35. The average molecular weight is 455 g/mol. The third-order valence-electron chi connectivity index (χ3n) is 5.91. The van der Waals surface area contributed by atoms with Gasteiger partial charge in [0.2, 0.25) is 0 Å². The maximum atomic E-state index is 12.3. The number of carbonyl (C=O) groups is 1. The molecule has 3 heterocycles. The molecule has 0 bridgehead atoms. The van der Waals surface area contributed by atoms with Gasteiger partial charge in [-0.25, -0.2) is 9.78 Å². The molecule has 170 valence electrons. The second kappa shape index (κ2) is 8.66. The molecular weight excluding hydrogens is 424 g/mol. The maximum Gasteiger partial charge on any atom is 0.410 e. The average Bonchev–Trinajstić information content (AvgIpc) is 3.06. The van der Waals surface area contributed by atoms with Crippen molar-refractivity contribution in [2.45, 2.75) is 39.7 Å². The van der Waals surface area contributed by atoms with Gasteiger partial charge in [-0.1, -0.05) is 30.7 Å². The number of amides is 1. The fraction of sp³-hybridized carbons (Fsp3) is 0.440. The summed E-state index contributed by atoms with van der Waals surface area (Å²) in [6, 6.07) is 10.5. The first-order valence-electron chi connectivity index (χ1n) is 11.1. The summed E-state index contributed by atoms with van der Waals surface area (Å²) in [6.07, 6.45) is 2.41. The first kappa shape index (κ1) is 22.5. The molecule has 0 N–H and O–H groups in total. The second-order valence-electron chi connectivity index (χ2n) is 9.23. The molecule has 1 aliphatic rings. The highest BCUT2D eigenvalue weighted by Gasteiger charge is 2.26. The van der Waals surface area contributed by atoms with Crippen molar-refractivity contribution < 1.29 is 9.53 Å². The molecule has 32 heavy (non-hydrogen) atoms. The number of hydrogen-bond donors (Lipinski definition) is 0. The van der Waals surface area contributed by atoms with Gasteiger partial charge in [0.15, 0.2) is 0 Å². The molecule has 0 unspecified atom stereocenters. The topological polar surface area (TPSA) is 50.6 Å². The van der Waals surface area contributed by atoms with Crippen LogP contribution in [-0.2, 0) is 18.2 Å². The molecule has 1 fully saturated rings. The minimum Gasteiger partial charge on any atom is -0.444 e. The number of anilines is 1. The molecule has 0 atom stereocenters. The van der Waals surface area contributed by atoms with Crippen LogP contribution in [0.15, 0.2) is 36.5 Å². The van der Waals surface area contributed by atoms with E-state index in [9.17, 15) is 4.79 Å². The normalized spacial score (nSPS) is 14.8. The van der Waals surface area contributed by atoms with Gasteiger partial charge < -0.3 is 19.1 Å². The largest absolute Gasteiger partial charge is 0.444 e. The van der Waals surface area contributed by atoms with E-state index in [1.54, 1.807) is 11.1 Å². The molecule has 0 spiro atoms. The summed E-state index contributed by atoms with van der Waals surface area (Å²) in [5.74, 6) is 0. The summed E-state index contributed by atoms with van der Waals surface area (Å²) in [6.45, 7) is 10.7. The zero-order valence-corrected chi connectivity index (χ0v) is 20.2. The number of nitrogens with zero attached hydrogens (tertiary/aromatic N) is 4. The molecule has 0 saturated carbocycles.